The largest absolute Gasteiger partial charge is 0.493 e. The minimum atomic E-state index is -0.0143. The Morgan fingerprint density at radius 1 is 1.14 bits per heavy atom. The van der Waals surface area contributed by atoms with Crippen LogP contribution < -0.4 is 15.7 Å². The molecule has 1 aromatic carbocycles. The molecule has 0 bridgehead atoms. The highest BCUT2D eigenvalue weighted by atomic mass is 16.5. The maximum absolute atomic E-state index is 13.2. The average Bonchev–Trinajstić information content (AvgIpc) is 3.51. The molecule has 198 valence electrons. The Balaban J connectivity index is 1.46. The summed E-state index contributed by atoms with van der Waals surface area (Å²) < 4.78 is 9.36. The lowest BCUT2D eigenvalue weighted by Crippen LogP contribution is -2.37. The van der Waals surface area contributed by atoms with Gasteiger partial charge in [0.1, 0.15) is 6.33 Å². The first-order valence-electron chi connectivity index (χ1n) is 13.8. The van der Waals surface area contributed by atoms with Gasteiger partial charge in [-0.2, -0.15) is 5.10 Å². The second-order valence-electron chi connectivity index (χ2n) is 10.8. The van der Waals surface area contributed by atoms with Crippen molar-refractivity contribution in [3.8, 4) is 16.9 Å². The van der Waals surface area contributed by atoms with Gasteiger partial charge in [0, 0.05) is 23.8 Å². The molecular formula is C29H40N6O2. The van der Waals surface area contributed by atoms with Gasteiger partial charge in [0.2, 0.25) is 0 Å². The Labute approximate surface area is 218 Å². The summed E-state index contributed by atoms with van der Waals surface area (Å²) in [6.07, 6.45) is 10.2. The van der Waals surface area contributed by atoms with Crippen LogP contribution in [-0.4, -0.2) is 43.8 Å². The molecule has 1 saturated carbocycles. The molecule has 1 aliphatic rings. The first-order valence-corrected chi connectivity index (χ1v) is 13.8. The zero-order valence-electron chi connectivity index (χ0n) is 22.8. The highest BCUT2D eigenvalue weighted by Gasteiger charge is 2.26. The standard InChI is InChI=1S/C29H40N6O2/c1-6-19(7-2)15-30-21-8-10-22(11-9-21)35-26-14-23(18(3)4)24(13-25(26)33-29(35)36)20-12-27(37-5)28-31-17-32-34(28)16-20/h12-14,16-19,21-22,30H,6-11,15H2,1-5H3,(H,33,36)/t21-,22+. The van der Waals surface area contributed by atoms with E-state index in [0.717, 1.165) is 60.3 Å². The summed E-state index contributed by atoms with van der Waals surface area (Å²) in [5.41, 5.74) is 5.79. The van der Waals surface area contributed by atoms with Crippen molar-refractivity contribution in [3.05, 3.63) is 46.8 Å². The minimum absolute atomic E-state index is 0.0143. The summed E-state index contributed by atoms with van der Waals surface area (Å²) in [7, 11) is 1.65. The second kappa shape index (κ2) is 10.7. The Bertz CT molecular complexity index is 1420. The summed E-state index contributed by atoms with van der Waals surface area (Å²) in [4.78, 5) is 20.7. The topological polar surface area (TPSA) is 89.2 Å². The number of hydrogen-bond donors (Lipinski definition) is 2. The van der Waals surface area contributed by atoms with Gasteiger partial charge in [0.15, 0.2) is 11.4 Å². The third kappa shape index (κ3) is 4.91. The third-order valence-corrected chi connectivity index (χ3v) is 8.29. The molecule has 0 spiro atoms. The van der Waals surface area contributed by atoms with Gasteiger partial charge < -0.3 is 15.0 Å². The smallest absolute Gasteiger partial charge is 0.326 e. The van der Waals surface area contributed by atoms with Crippen molar-refractivity contribution < 1.29 is 4.74 Å². The van der Waals surface area contributed by atoms with Crippen LogP contribution in [0.25, 0.3) is 27.8 Å². The number of ether oxygens (including phenoxy) is 1. The maximum Gasteiger partial charge on any atom is 0.326 e. The van der Waals surface area contributed by atoms with Crippen LogP contribution in [0.2, 0.25) is 0 Å². The average molecular weight is 505 g/mol. The van der Waals surface area contributed by atoms with E-state index < -0.39 is 0 Å². The van der Waals surface area contributed by atoms with E-state index in [2.05, 4.69) is 60.2 Å². The number of aromatic nitrogens is 5. The number of aromatic amines is 1. The predicted octanol–water partition coefficient (Wildman–Crippen LogP) is 5.68. The highest BCUT2D eigenvalue weighted by molar-refractivity contribution is 5.85. The molecule has 37 heavy (non-hydrogen) atoms. The number of pyridine rings is 1. The molecule has 0 unspecified atom stereocenters. The van der Waals surface area contributed by atoms with Crippen molar-refractivity contribution in [1.82, 2.24) is 29.5 Å². The van der Waals surface area contributed by atoms with Gasteiger partial charge in [-0.25, -0.2) is 14.3 Å². The second-order valence-corrected chi connectivity index (χ2v) is 10.8. The van der Waals surface area contributed by atoms with Gasteiger partial charge >= 0.3 is 5.69 Å². The Hall–Kier alpha value is -3.13. The molecule has 0 radical (unpaired) electrons. The molecule has 0 aliphatic heterocycles. The fourth-order valence-corrected chi connectivity index (χ4v) is 5.92. The molecular weight excluding hydrogens is 464 g/mol. The number of nitrogens with zero attached hydrogens (tertiary/aromatic N) is 4. The number of imidazole rings is 1. The molecule has 4 aromatic rings. The van der Waals surface area contributed by atoms with Gasteiger partial charge in [0.25, 0.3) is 0 Å². The van der Waals surface area contributed by atoms with E-state index in [4.69, 9.17) is 4.74 Å². The lowest BCUT2D eigenvalue weighted by atomic mass is 9.89. The molecule has 8 nitrogen and oxygen atoms in total. The van der Waals surface area contributed by atoms with Crippen molar-refractivity contribution in [2.24, 2.45) is 5.92 Å². The van der Waals surface area contributed by atoms with Crippen LogP contribution in [0, 0.1) is 5.92 Å². The fourth-order valence-electron chi connectivity index (χ4n) is 5.92. The van der Waals surface area contributed by atoms with Crippen LogP contribution in [0.15, 0.2) is 35.5 Å². The SMILES string of the molecule is CCC(CC)CN[C@H]1CC[C@@H](n2c(=O)[nH]c3cc(-c4cc(OC)c5ncnn5c4)c(C(C)C)cc32)CC1. The molecule has 1 fully saturated rings. The molecule has 2 N–H and O–H groups in total. The Morgan fingerprint density at radius 3 is 2.57 bits per heavy atom. The van der Waals surface area contributed by atoms with Gasteiger partial charge in [0.05, 0.1) is 18.1 Å². The summed E-state index contributed by atoms with van der Waals surface area (Å²) in [6, 6.07) is 7.11. The quantitative estimate of drug-likeness (QED) is 0.306. The Morgan fingerprint density at radius 2 is 1.89 bits per heavy atom. The molecule has 0 atom stereocenters. The van der Waals surface area contributed by atoms with E-state index in [0.29, 0.717) is 17.4 Å². The molecule has 3 aromatic heterocycles. The number of methoxy groups -OCH3 is 1. The highest BCUT2D eigenvalue weighted by Crippen LogP contribution is 2.37. The van der Waals surface area contributed by atoms with Crippen molar-refractivity contribution in [2.75, 3.05) is 13.7 Å². The van der Waals surface area contributed by atoms with Crippen LogP contribution in [0.5, 0.6) is 5.75 Å². The van der Waals surface area contributed by atoms with Crippen LogP contribution in [-0.2, 0) is 0 Å². The van der Waals surface area contributed by atoms with Crippen molar-refractivity contribution in [3.63, 3.8) is 0 Å². The molecule has 0 saturated heterocycles. The van der Waals surface area contributed by atoms with Gasteiger partial charge in [-0.15, -0.1) is 0 Å². The maximum atomic E-state index is 13.2. The zero-order chi connectivity index (χ0) is 26.1. The number of benzene rings is 1. The summed E-state index contributed by atoms with van der Waals surface area (Å²) >= 11 is 0. The minimum Gasteiger partial charge on any atom is -0.493 e. The number of fused-ring (bicyclic) bond motifs is 2. The van der Waals surface area contributed by atoms with E-state index in [1.165, 1.54) is 24.7 Å². The van der Waals surface area contributed by atoms with Gasteiger partial charge in [-0.05, 0) is 73.4 Å². The summed E-state index contributed by atoms with van der Waals surface area (Å²) in [6.45, 7) is 10.0. The normalized spacial score (nSPS) is 18.5. The monoisotopic (exact) mass is 504 g/mol. The molecule has 3 heterocycles. The number of rotatable bonds is 9. The van der Waals surface area contributed by atoms with Gasteiger partial charge in [-0.3, -0.25) is 4.57 Å². The lowest BCUT2D eigenvalue weighted by Gasteiger charge is -2.31. The van der Waals surface area contributed by atoms with E-state index in [1.807, 2.05) is 16.8 Å². The first-order chi connectivity index (χ1) is 17.9. The van der Waals surface area contributed by atoms with Crippen molar-refractivity contribution in [1.29, 1.82) is 0 Å². The summed E-state index contributed by atoms with van der Waals surface area (Å²) in [5.74, 6) is 1.70. The predicted molar refractivity (Wildman–Crippen MR) is 149 cm³/mol. The third-order valence-electron chi connectivity index (χ3n) is 8.29. The van der Waals surface area contributed by atoms with Crippen molar-refractivity contribution >= 4 is 16.7 Å². The van der Waals surface area contributed by atoms with Crippen LogP contribution in [0.4, 0.5) is 0 Å². The fraction of sp³-hybridized carbons (Fsp3) is 0.552. The lowest BCUT2D eigenvalue weighted by molar-refractivity contribution is 0.278. The van der Waals surface area contributed by atoms with E-state index in [-0.39, 0.29) is 17.6 Å². The molecule has 5 rings (SSSR count). The van der Waals surface area contributed by atoms with E-state index >= 15 is 0 Å². The number of H-pyrrole nitrogens is 1. The zero-order valence-corrected chi connectivity index (χ0v) is 22.8. The first kappa shape index (κ1) is 25.5. The molecule has 0 amide bonds. The van der Waals surface area contributed by atoms with Crippen LogP contribution in [0.3, 0.4) is 0 Å². The van der Waals surface area contributed by atoms with Crippen LogP contribution in [0.1, 0.15) is 83.7 Å². The number of hydrogen-bond acceptors (Lipinski definition) is 5. The van der Waals surface area contributed by atoms with Crippen molar-refractivity contribution in [2.45, 2.75) is 84.2 Å². The Kier molecular flexibility index (Phi) is 7.38. The van der Waals surface area contributed by atoms with Gasteiger partial charge in [-0.1, -0.05) is 40.5 Å². The molecule has 1 aliphatic carbocycles. The molecule has 8 heteroatoms. The summed E-state index contributed by atoms with van der Waals surface area (Å²) in [5, 5.41) is 8.12. The van der Waals surface area contributed by atoms with Crippen LogP contribution >= 0.6 is 0 Å². The number of nitrogens with one attached hydrogen (secondary N) is 2. The van der Waals surface area contributed by atoms with E-state index in [9.17, 15) is 4.79 Å². The van der Waals surface area contributed by atoms with E-state index in [1.54, 1.807) is 11.6 Å².